The van der Waals surface area contributed by atoms with E-state index in [9.17, 15) is 0 Å². The number of rotatable bonds is 12. The molecule has 0 unspecified atom stereocenters. The van der Waals surface area contributed by atoms with E-state index in [1.165, 1.54) is 83.4 Å². The second kappa shape index (κ2) is 16.4. The molecule has 243 valence electrons. The molecule has 0 aromatic heterocycles. The van der Waals surface area contributed by atoms with Crippen LogP contribution in [-0.2, 0) is 22.2 Å². The molecule has 0 amide bonds. The molecule has 3 nitrogen and oxygen atoms in total. The molecular formula is C38H52ClNO2PPd. The molecule has 0 bridgehead atoms. The monoisotopic (exact) mass is 726 g/mol. The fourth-order valence-electron chi connectivity index (χ4n) is 6.97. The van der Waals surface area contributed by atoms with Gasteiger partial charge in [-0.2, -0.15) is 0 Å². The van der Waals surface area contributed by atoms with E-state index >= 15 is 0 Å². The first-order chi connectivity index (χ1) is 21.4. The first-order valence-electron chi connectivity index (χ1n) is 16.8. The Hall–Kier alpha value is -1.40. The van der Waals surface area contributed by atoms with E-state index in [0.717, 1.165) is 34.8 Å². The summed E-state index contributed by atoms with van der Waals surface area (Å²) in [5.74, 6) is 1.82. The molecule has 2 saturated carbocycles. The standard InChI is InChI=1S/C30H42O2P.C8H10N.ClH.Pd/c1-22(2)31-27-19-13-20-28(32-23(3)4)30(27)26-18-11-12-21-29(26)33(24-14-7-5-8-15-24)25-16-9-6-10-17-25;9-7-6-8-4-2-1-3-5-8;;/h12-13,18-25H,5-10,14-17H2,1-4H3;1-4H,6-7,9H2;1H;/q;;;+1/p-1. The van der Waals surface area contributed by atoms with Crippen molar-refractivity contribution in [1.82, 2.24) is 0 Å². The summed E-state index contributed by atoms with van der Waals surface area (Å²) in [5, 5.41) is 1.54. The SMILES string of the molecule is CC(C)Oc1cccc(OC(C)C)c1-c1c[c]([Pd]([Cl])[c]2ccccc2CCN)ccc1P(C1CCCCC1)C1CCCCC1. The molecule has 2 aliphatic carbocycles. The van der Waals surface area contributed by atoms with Crippen molar-refractivity contribution in [2.45, 2.75) is 122 Å². The fourth-order valence-corrected chi connectivity index (χ4v) is 14.4. The third-order valence-corrected chi connectivity index (χ3v) is 16.7. The summed E-state index contributed by atoms with van der Waals surface area (Å²) in [6.07, 6.45) is 14.6. The summed E-state index contributed by atoms with van der Waals surface area (Å²) in [6, 6.07) is 22.3. The Morgan fingerprint density at radius 3 is 1.89 bits per heavy atom. The number of hydrogen-bond donors (Lipinski definition) is 1. The molecule has 3 aromatic rings. The topological polar surface area (TPSA) is 44.5 Å². The van der Waals surface area contributed by atoms with Crippen molar-refractivity contribution in [1.29, 1.82) is 0 Å². The van der Waals surface area contributed by atoms with E-state index in [0.29, 0.717) is 6.54 Å². The minimum atomic E-state index is -1.73. The molecule has 2 fully saturated rings. The van der Waals surface area contributed by atoms with Gasteiger partial charge >= 0.3 is 279 Å². The van der Waals surface area contributed by atoms with E-state index < -0.39 is 15.7 Å². The first-order valence-corrected chi connectivity index (χ1v) is 21.9. The zero-order valence-electron chi connectivity index (χ0n) is 27.1. The summed E-state index contributed by atoms with van der Waals surface area (Å²) in [4.78, 5) is 0. The van der Waals surface area contributed by atoms with E-state index in [2.05, 4.69) is 88.4 Å². The number of ether oxygens (including phenoxy) is 2. The molecule has 44 heavy (non-hydrogen) atoms. The van der Waals surface area contributed by atoms with Gasteiger partial charge in [-0.15, -0.1) is 0 Å². The van der Waals surface area contributed by atoms with Gasteiger partial charge in [-0.05, 0) is 0 Å². The van der Waals surface area contributed by atoms with Gasteiger partial charge in [0.1, 0.15) is 0 Å². The average molecular weight is 728 g/mol. The van der Waals surface area contributed by atoms with Crippen molar-refractivity contribution in [2.75, 3.05) is 6.54 Å². The van der Waals surface area contributed by atoms with Crippen molar-refractivity contribution in [3.05, 3.63) is 66.2 Å². The Kier molecular flexibility index (Phi) is 12.7. The zero-order valence-corrected chi connectivity index (χ0v) is 30.3. The molecule has 0 spiro atoms. The van der Waals surface area contributed by atoms with E-state index in [-0.39, 0.29) is 20.1 Å². The molecular weight excluding hydrogens is 675 g/mol. The van der Waals surface area contributed by atoms with Gasteiger partial charge in [0.2, 0.25) is 0 Å². The van der Waals surface area contributed by atoms with Crippen LogP contribution in [0, 0.1) is 0 Å². The van der Waals surface area contributed by atoms with E-state index in [1.807, 2.05) is 0 Å². The van der Waals surface area contributed by atoms with Crippen LogP contribution in [0.5, 0.6) is 11.5 Å². The van der Waals surface area contributed by atoms with Crippen LogP contribution >= 0.6 is 17.5 Å². The molecule has 6 heteroatoms. The Morgan fingerprint density at radius 1 is 0.773 bits per heavy atom. The Labute approximate surface area is 277 Å². The van der Waals surface area contributed by atoms with Crippen molar-refractivity contribution in [2.24, 2.45) is 5.73 Å². The van der Waals surface area contributed by atoms with Gasteiger partial charge in [0, 0.05) is 0 Å². The van der Waals surface area contributed by atoms with Crippen molar-refractivity contribution < 1.29 is 25.2 Å². The summed E-state index contributed by atoms with van der Waals surface area (Å²) in [7, 11) is 7.17. The van der Waals surface area contributed by atoms with Crippen LogP contribution in [-0.4, -0.2) is 30.1 Å². The van der Waals surface area contributed by atoms with Gasteiger partial charge in [-0.3, -0.25) is 0 Å². The molecule has 0 heterocycles. The molecule has 0 radical (unpaired) electrons. The maximum atomic E-state index is 7.53. The predicted molar refractivity (Wildman–Crippen MR) is 188 cm³/mol. The third-order valence-electron chi connectivity index (χ3n) is 8.79. The summed E-state index contributed by atoms with van der Waals surface area (Å²) < 4.78 is 15.6. The first kappa shape index (κ1) is 34.0. The molecule has 5 rings (SSSR count). The Morgan fingerprint density at radius 2 is 1.34 bits per heavy atom. The van der Waals surface area contributed by atoms with Gasteiger partial charge < -0.3 is 0 Å². The van der Waals surface area contributed by atoms with Gasteiger partial charge in [0.15, 0.2) is 0 Å². The summed E-state index contributed by atoms with van der Waals surface area (Å²) in [5.41, 5.74) is 11.3. The molecule has 2 aliphatic rings. The Balaban J connectivity index is 1.73. The maximum absolute atomic E-state index is 7.53. The Bertz CT molecular complexity index is 1310. The predicted octanol–water partition coefficient (Wildman–Crippen LogP) is 8.92. The second-order valence-electron chi connectivity index (χ2n) is 12.9. The van der Waals surface area contributed by atoms with Crippen molar-refractivity contribution >= 4 is 30.8 Å². The van der Waals surface area contributed by atoms with Crippen LogP contribution in [0.1, 0.15) is 97.5 Å². The number of benzene rings is 3. The fraction of sp³-hybridized carbons (Fsp3) is 0.526. The van der Waals surface area contributed by atoms with Crippen LogP contribution in [0.4, 0.5) is 0 Å². The zero-order chi connectivity index (χ0) is 31.1. The minimum absolute atomic E-state index is 0.0599. The van der Waals surface area contributed by atoms with E-state index in [4.69, 9.17) is 24.7 Å². The molecule has 2 N–H and O–H groups in total. The van der Waals surface area contributed by atoms with Crippen LogP contribution in [0.25, 0.3) is 11.1 Å². The van der Waals surface area contributed by atoms with Crippen LogP contribution in [0.2, 0.25) is 0 Å². The molecule has 0 atom stereocenters. The second-order valence-corrected chi connectivity index (χ2v) is 19.8. The molecule has 3 aromatic carbocycles. The molecule has 0 saturated heterocycles. The summed E-state index contributed by atoms with van der Waals surface area (Å²) >= 11 is -1.73. The van der Waals surface area contributed by atoms with Gasteiger partial charge in [-0.1, -0.05) is 0 Å². The number of hydrogen-bond acceptors (Lipinski definition) is 3. The van der Waals surface area contributed by atoms with Gasteiger partial charge in [0.25, 0.3) is 0 Å². The van der Waals surface area contributed by atoms with Crippen molar-refractivity contribution in [3.8, 4) is 22.6 Å². The third kappa shape index (κ3) is 8.30. The number of nitrogens with two attached hydrogens (primary N) is 1. The average Bonchev–Trinajstić information content (AvgIpc) is 3.02. The van der Waals surface area contributed by atoms with Crippen LogP contribution in [0.15, 0.2) is 60.7 Å². The number of halogens is 1. The van der Waals surface area contributed by atoms with Crippen molar-refractivity contribution in [3.63, 3.8) is 0 Å². The van der Waals surface area contributed by atoms with Gasteiger partial charge in [-0.25, -0.2) is 0 Å². The molecule has 0 aliphatic heterocycles. The normalized spacial score (nSPS) is 17.0. The van der Waals surface area contributed by atoms with E-state index in [1.54, 1.807) is 5.30 Å². The van der Waals surface area contributed by atoms with Crippen LogP contribution < -0.4 is 28.6 Å². The summed E-state index contributed by atoms with van der Waals surface area (Å²) in [6.45, 7) is 9.08. The van der Waals surface area contributed by atoms with Crippen LogP contribution in [0.3, 0.4) is 0 Å². The quantitative estimate of drug-likeness (QED) is 0.150. The van der Waals surface area contributed by atoms with Gasteiger partial charge in [0.05, 0.1) is 0 Å².